The highest BCUT2D eigenvalue weighted by atomic mass is 28.3. The summed E-state index contributed by atoms with van der Waals surface area (Å²) in [4.78, 5) is 11.4. The van der Waals surface area contributed by atoms with E-state index in [0.717, 1.165) is 5.56 Å². The molecule has 0 amide bonds. The Hall–Kier alpha value is -1.37. The van der Waals surface area contributed by atoms with Crippen molar-refractivity contribution in [1.29, 1.82) is 0 Å². The molecule has 1 rings (SSSR count). The minimum atomic E-state index is -1.46. The molecular weight excluding hydrogens is 228 g/mol. The fraction of sp³-hybridized carbons (Fsp3) is 0.357. The second-order valence-electron chi connectivity index (χ2n) is 4.90. The summed E-state index contributed by atoms with van der Waals surface area (Å²) in [5, 5.41) is 0. The summed E-state index contributed by atoms with van der Waals surface area (Å²) in [6.45, 7) is 6.86. The molecular formula is C14H18O2Si. The van der Waals surface area contributed by atoms with Crippen LogP contribution in [0.5, 0.6) is 0 Å². The quantitative estimate of drug-likeness (QED) is 0.603. The molecule has 0 aliphatic heterocycles. The van der Waals surface area contributed by atoms with E-state index in [9.17, 15) is 4.79 Å². The smallest absolute Gasteiger partial charge is 0.230 e. The van der Waals surface area contributed by atoms with E-state index in [4.69, 9.17) is 4.74 Å². The highest BCUT2D eigenvalue weighted by Crippen LogP contribution is 2.00. The molecule has 0 radical (unpaired) electrons. The average molecular weight is 246 g/mol. The molecule has 0 saturated carbocycles. The Bertz CT molecular complexity index is 421. The van der Waals surface area contributed by atoms with Crippen molar-refractivity contribution >= 4 is 13.9 Å². The van der Waals surface area contributed by atoms with Gasteiger partial charge >= 0.3 is 0 Å². The van der Waals surface area contributed by atoms with Gasteiger partial charge in [0.25, 0.3) is 0 Å². The molecule has 1 aromatic rings. The van der Waals surface area contributed by atoms with Crippen molar-refractivity contribution in [2.45, 2.75) is 26.2 Å². The van der Waals surface area contributed by atoms with Gasteiger partial charge in [-0.15, -0.1) is 5.54 Å². The third-order valence-electron chi connectivity index (χ3n) is 1.92. The van der Waals surface area contributed by atoms with Crippen LogP contribution < -0.4 is 0 Å². The van der Waals surface area contributed by atoms with E-state index in [1.165, 1.54) is 0 Å². The van der Waals surface area contributed by atoms with Gasteiger partial charge in [-0.05, 0) is 11.5 Å². The lowest BCUT2D eigenvalue weighted by molar-refractivity contribution is -0.118. The molecule has 3 heteroatoms. The third-order valence-corrected chi connectivity index (χ3v) is 2.80. The molecule has 2 nitrogen and oxygen atoms in total. The second kappa shape index (κ2) is 6.38. The van der Waals surface area contributed by atoms with Gasteiger partial charge < -0.3 is 4.74 Å². The summed E-state index contributed by atoms with van der Waals surface area (Å²) in [7, 11) is -1.46. The monoisotopic (exact) mass is 246 g/mol. The molecule has 0 atom stereocenters. The lowest BCUT2D eigenvalue weighted by atomic mass is 10.2. The zero-order valence-corrected chi connectivity index (χ0v) is 11.6. The molecule has 0 spiro atoms. The van der Waals surface area contributed by atoms with Gasteiger partial charge in [-0.1, -0.05) is 50.0 Å². The van der Waals surface area contributed by atoms with Crippen LogP contribution in [0.3, 0.4) is 0 Å². The van der Waals surface area contributed by atoms with E-state index >= 15 is 0 Å². The molecule has 0 aromatic heterocycles. The Morgan fingerprint density at radius 2 is 1.88 bits per heavy atom. The molecule has 0 unspecified atom stereocenters. The normalized spacial score (nSPS) is 10.5. The average Bonchev–Trinajstić information content (AvgIpc) is 2.27. The van der Waals surface area contributed by atoms with Crippen molar-refractivity contribution in [3.05, 3.63) is 35.9 Å². The number of Topliss-reactive ketones (excluding diaryl/α,β-unsaturated/α-hetero) is 1. The summed E-state index contributed by atoms with van der Waals surface area (Å²) in [6, 6.07) is 9.79. The first-order chi connectivity index (χ1) is 7.97. The van der Waals surface area contributed by atoms with E-state index in [1.807, 2.05) is 30.3 Å². The molecule has 0 bridgehead atoms. The first-order valence-electron chi connectivity index (χ1n) is 5.65. The number of rotatable bonds is 4. The van der Waals surface area contributed by atoms with E-state index in [0.29, 0.717) is 6.61 Å². The van der Waals surface area contributed by atoms with Crippen molar-refractivity contribution in [1.82, 2.24) is 0 Å². The standard InChI is InChI=1S/C14H18O2Si/c1-17(2,3)10-9-14(15)12-16-11-13-7-5-4-6-8-13/h4-8H,11-12H2,1-3H3. The molecule has 0 fully saturated rings. The Morgan fingerprint density at radius 1 is 1.24 bits per heavy atom. The summed E-state index contributed by atoms with van der Waals surface area (Å²) < 4.78 is 5.31. The fourth-order valence-corrected chi connectivity index (χ4v) is 1.64. The summed E-state index contributed by atoms with van der Waals surface area (Å²) in [6.07, 6.45) is 0. The van der Waals surface area contributed by atoms with Gasteiger partial charge in [0.15, 0.2) is 0 Å². The van der Waals surface area contributed by atoms with E-state index in [-0.39, 0.29) is 12.4 Å². The number of carbonyl (C=O) groups excluding carboxylic acids is 1. The van der Waals surface area contributed by atoms with Crippen LogP contribution in [0.25, 0.3) is 0 Å². The van der Waals surface area contributed by atoms with E-state index < -0.39 is 8.07 Å². The second-order valence-corrected chi connectivity index (χ2v) is 9.65. The predicted molar refractivity (Wildman–Crippen MR) is 72.2 cm³/mol. The maximum absolute atomic E-state index is 11.4. The number of ketones is 1. The van der Waals surface area contributed by atoms with Crippen LogP contribution >= 0.6 is 0 Å². The fourth-order valence-electron chi connectivity index (χ4n) is 1.13. The molecule has 0 N–H and O–H groups in total. The summed E-state index contributed by atoms with van der Waals surface area (Å²) >= 11 is 0. The molecule has 0 aliphatic rings. The van der Waals surface area contributed by atoms with Crippen molar-refractivity contribution in [3.8, 4) is 11.5 Å². The zero-order chi connectivity index (χ0) is 12.7. The third kappa shape index (κ3) is 6.72. The maximum atomic E-state index is 11.4. The Kier molecular flexibility index (Phi) is 5.14. The number of carbonyl (C=O) groups is 1. The lowest BCUT2D eigenvalue weighted by Gasteiger charge is -2.03. The molecule has 0 saturated heterocycles. The van der Waals surface area contributed by atoms with Crippen molar-refractivity contribution in [2.24, 2.45) is 0 Å². The van der Waals surface area contributed by atoms with Crippen molar-refractivity contribution in [2.75, 3.05) is 6.61 Å². The molecule has 90 valence electrons. The maximum Gasteiger partial charge on any atom is 0.230 e. The van der Waals surface area contributed by atoms with Crippen molar-refractivity contribution < 1.29 is 9.53 Å². The largest absolute Gasteiger partial charge is 0.368 e. The first kappa shape index (κ1) is 13.7. The highest BCUT2D eigenvalue weighted by molar-refractivity contribution is 6.84. The number of hydrogen-bond acceptors (Lipinski definition) is 2. The van der Waals surface area contributed by atoms with Crippen molar-refractivity contribution in [3.63, 3.8) is 0 Å². The van der Waals surface area contributed by atoms with Crippen LogP contribution in [-0.4, -0.2) is 20.5 Å². The van der Waals surface area contributed by atoms with Gasteiger partial charge in [-0.3, -0.25) is 4.79 Å². The lowest BCUT2D eigenvalue weighted by Crippen LogP contribution is -2.17. The van der Waals surface area contributed by atoms with Crippen LogP contribution in [0.1, 0.15) is 5.56 Å². The number of benzene rings is 1. The van der Waals surface area contributed by atoms with Gasteiger partial charge in [0.1, 0.15) is 14.7 Å². The van der Waals surface area contributed by atoms with Gasteiger partial charge in [-0.2, -0.15) is 0 Å². The van der Waals surface area contributed by atoms with Gasteiger partial charge in [0.2, 0.25) is 5.78 Å². The molecule has 1 aromatic carbocycles. The predicted octanol–water partition coefficient (Wildman–Crippen LogP) is 2.65. The molecule has 0 heterocycles. The van der Waals surface area contributed by atoms with Gasteiger partial charge in [0, 0.05) is 0 Å². The minimum Gasteiger partial charge on any atom is -0.368 e. The van der Waals surface area contributed by atoms with Crippen LogP contribution in [0.4, 0.5) is 0 Å². The topological polar surface area (TPSA) is 26.3 Å². The molecule has 0 aliphatic carbocycles. The van der Waals surface area contributed by atoms with Crippen LogP contribution in [-0.2, 0) is 16.1 Å². The van der Waals surface area contributed by atoms with Crippen LogP contribution in [0.2, 0.25) is 19.6 Å². The highest BCUT2D eigenvalue weighted by Gasteiger charge is 2.08. The van der Waals surface area contributed by atoms with E-state index in [2.05, 4.69) is 31.1 Å². The SMILES string of the molecule is C[Si](C)(C)C#CC(=O)COCc1ccccc1. The zero-order valence-electron chi connectivity index (χ0n) is 10.6. The molecule has 17 heavy (non-hydrogen) atoms. The van der Waals surface area contributed by atoms with Gasteiger partial charge in [-0.25, -0.2) is 0 Å². The first-order valence-corrected chi connectivity index (χ1v) is 9.15. The van der Waals surface area contributed by atoms with E-state index in [1.54, 1.807) is 0 Å². The Morgan fingerprint density at radius 3 is 2.47 bits per heavy atom. The van der Waals surface area contributed by atoms with Crippen LogP contribution in [0, 0.1) is 11.5 Å². The minimum absolute atomic E-state index is 0.0758. The number of ether oxygens (including phenoxy) is 1. The summed E-state index contributed by atoms with van der Waals surface area (Å²) in [5.74, 6) is 2.52. The summed E-state index contributed by atoms with van der Waals surface area (Å²) in [5.41, 5.74) is 4.10. The van der Waals surface area contributed by atoms with Gasteiger partial charge in [0.05, 0.1) is 6.61 Å². The Balaban J connectivity index is 2.32. The Labute approximate surface area is 104 Å². The van der Waals surface area contributed by atoms with Crippen LogP contribution in [0.15, 0.2) is 30.3 Å². The number of hydrogen-bond donors (Lipinski definition) is 0.